The van der Waals surface area contributed by atoms with E-state index >= 15 is 0 Å². The number of carbonyl (C=O) groups excluding carboxylic acids is 1. The van der Waals surface area contributed by atoms with E-state index < -0.39 is 0 Å². The van der Waals surface area contributed by atoms with Gasteiger partial charge in [0.25, 0.3) is 0 Å². The number of benzene rings is 1. The molecule has 2 N–H and O–H groups in total. The Morgan fingerprint density at radius 3 is 2.59 bits per heavy atom. The van der Waals surface area contributed by atoms with E-state index in [-0.39, 0.29) is 5.78 Å². The Hall–Kier alpha value is -1.15. The second-order valence-corrected chi connectivity index (χ2v) is 4.96. The lowest BCUT2D eigenvalue weighted by Gasteiger charge is -2.10. The van der Waals surface area contributed by atoms with Gasteiger partial charge in [-0.05, 0) is 44.7 Å². The number of aryl methyl sites for hydroxylation is 2. The predicted molar refractivity (Wildman–Crippen MR) is 72.3 cm³/mol. The standard InChI is InChI=1S/C15H23NO/c1-11(8-9-16)5-7-15(17)14-6-4-12(2)10-13(14)3/h4,6,10-11H,5,7-9,16H2,1-3H3. The van der Waals surface area contributed by atoms with Gasteiger partial charge in [0.2, 0.25) is 0 Å². The zero-order valence-corrected chi connectivity index (χ0v) is 11.1. The first-order valence-electron chi connectivity index (χ1n) is 6.35. The van der Waals surface area contributed by atoms with E-state index in [1.807, 2.05) is 26.0 Å². The highest BCUT2D eigenvalue weighted by atomic mass is 16.1. The van der Waals surface area contributed by atoms with Crippen molar-refractivity contribution in [2.45, 2.75) is 40.0 Å². The molecule has 1 atom stereocenters. The molecule has 94 valence electrons. The van der Waals surface area contributed by atoms with Gasteiger partial charge < -0.3 is 5.73 Å². The SMILES string of the molecule is Cc1ccc(C(=O)CCC(C)CCN)c(C)c1. The normalized spacial score (nSPS) is 12.5. The molecule has 0 saturated heterocycles. The Kier molecular flexibility index (Phi) is 5.36. The van der Waals surface area contributed by atoms with Crippen LogP contribution in [0.2, 0.25) is 0 Å². The first-order valence-corrected chi connectivity index (χ1v) is 6.35. The topological polar surface area (TPSA) is 43.1 Å². The predicted octanol–water partition coefficient (Wildman–Crippen LogP) is 3.25. The Morgan fingerprint density at radius 1 is 1.29 bits per heavy atom. The average Bonchev–Trinajstić information content (AvgIpc) is 2.26. The summed E-state index contributed by atoms with van der Waals surface area (Å²) < 4.78 is 0. The fourth-order valence-electron chi connectivity index (χ4n) is 2.07. The van der Waals surface area contributed by atoms with Gasteiger partial charge in [-0.25, -0.2) is 0 Å². The molecule has 0 aliphatic heterocycles. The van der Waals surface area contributed by atoms with Gasteiger partial charge in [-0.15, -0.1) is 0 Å². The molecule has 1 aromatic rings. The second kappa shape index (κ2) is 6.55. The van der Waals surface area contributed by atoms with Crippen LogP contribution in [-0.4, -0.2) is 12.3 Å². The van der Waals surface area contributed by atoms with Crippen molar-refractivity contribution in [1.29, 1.82) is 0 Å². The number of carbonyl (C=O) groups is 1. The third-order valence-electron chi connectivity index (χ3n) is 3.21. The first-order chi connectivity index (χ1) is 8.04. The first kappa shape index (κ1) is 13.9. The number of hydrogen-bond acceptors (Lipinski definition) is 2. The van der Waals surface area contributed by atoms with Gasteiger partial charge in [0, 0.05) is 12.0 Å². The number of rotatable bonds is 6. The van der Waals surface area contributed by atoms with Crippen LogP contribution in [-0.2, 0) is 0 Å². The van der Waals surface area contributed by atoms with Gasteiger partial charge in [0.1, 0.15) is 0 Å². The Labute approximate surface area is 104 Å². The molecule has 0 saturated carbocycles. The van der Waals surface area contributed by atoms with Gasteiger partial charge in [0.15, 0.2) is 5.78 Å². The molecule has 2 nitrogen and oxygen atoms in total. The van der Waals surface area contributed by atoms with Crippen LogP contribution >= 0.6 is 0 Å². The molecule has 0 bridgehead atoms. The smallest absolute Gasteiger partial charge is 0.163 e. The van der Waals surface area contributed by atoms with Crippen molar-refractivity contribution in [3.05, 3.63) is 34.9 Å². The number of ketones is 1. The van der Waals surface area contributed by atoms with Crippen LogP contribution in [0, 0.1) is 19.8 Å². The third-order valence-corrected chi connectivity index (χ3v) is 3.21. The minimum absolute atomic E-state index is 0.256. The molecule has 0 radical (unpaired) electrons. The van der Waals surface area contributed by atoms with Gasteiger partial charge in [-0.1, -0.05) is 30.7 Å². The largest absolute Gasteiger partial charge is 0.330 e. The highest BCUT2D eigenvalue weighted by molar-refractivity contribution is 5.97. The lowest BCUT2D eigenvalue weighted by Crippen LogP contribution is -2.09. The minimum Gasteiger partial charge on any atom is -0.330 e. The summed E-state index contributed by atoms with van der Waals surface area (Å²) in [6.07, 6.45) is 2.56. The second-order valence-electron chi connectivity index (χ2n) is 4.96. The van der Waals surface area contributed by atoms with E-state index in [1.54, 1.807) is 0 Å². The molecular formula is C15H23NO. The van der Waals surface area contributed by atoms with Crippen molar-refractivity contribution < 1.29 is 4.79 Å². The van der Waals surface area contributed by atoms with E-state index in [0.29, 0.717) is 18.9 Å². The zero-order valence-electron chi connectivity index (χ0n) is 11.1. The van der Waals surface area contributed by atoms with Gasteiger partial charge in [-0.2, -0.15) is 0 Å². The molecule has 0 aliphatic rings. The monoisotopic (exact) mass is 233 g/mol. The van der Waals surface area contributed by atoms with E-state index in [0.717, 1.165) is 24.0 Å². The van der Waals surface area contributed by atoms with E-state index in [4.69, 9.17) is 5.73 Å². The number of nitrogens with two attached hydrogens (primary N) is 1. The molecule has 0 aromatic heterocycles. The summed E-state index contributed by atoms with van der Waals surface area (Å²) in [4.78, 5) is 12.1. The molecule has 1 unspecified atom stereocenters. The lowest BCUT2D eigenvalue weighted by atomic mass is 9.95. The quantitative estimate of drug-likeness (QED) is 0.766. The maximum atomic E-state index is 12.1. The van der Waals surface area contributed by atoms with Crippen LogP contribution < -0.4 is 5.73 Å². The molecule has 0 aliphatic carbocycles. The molecule has 0 heterocycles. The van der Waals surface area contributed by atoms with Crippen molar-refractivity contribution in [2.24, 2.45) is 11.7 Å². The van der Waals surface area contributed by atoms with Crippen LogP contribution in [0.3, 0.4) is 0 Å². The molecular weight excluding hydrogens is 210 g/mol. The highest BCUT2D eigenvalue weighted by Crippen LogP contribution is 2.16. The van der Waals surface area contributed by atoms with Gasteiger partial charge in [-0.3, -0.25) is 4.79 Å². The molecule has 2 heteroatoms. The van der Waals surface area contributed by atoms with E-state index in [9.17, 15) is 4.79 Å². The maximum absolute atomic E-state index is 12.1. The van der Waals surface area contributed by atoms with Gasteiger partial charge in [0.05, 0.1) is 0 Å². The summed E-state index contributed by atoms with van der Waals surface area (Å²) >= 11 is 0. The van der Waals surface area contributed by atoms with Crippen LogP contribution in [0.4, 0.5) is 0 Å². The third kappa shape index (κ3) is 4.31. The maximum Gasteiger partial charge on any atom is 0.163 e. The van der Waals surface area contributed by atoms with Crippen LogP contribution in [0.15, 0.2) is 18.2 Å². The van der Waals surface area contributed by atoms with Crippen molar-refractivity contribution in [1.82, 2.24) is 0 Å². The average molecular weight is 233 g/mol. The number of hydrogen-bond donors (Lipinski definition) is 1. The molecule has 1 rings (SSSR count). The summed E-state index contributed by atoms with van der Waals surface area (Å²) in [6.45, 7) is 6.91. The highest BCUT2D eigenvalue weighted by Gasteiger charge is 2.10. The van der Waals surface area contributed by atoms with Gasteiger partial charge >= 0.3 is 0 Å². The zero-order chi connectivity index (χ0) is 12.8. The Bertz CT molecular complexity index is 385. The van der Waals surface area contributed by atoms with E-state index in [2.05, 4.69) is 13.0 Å². The van der Waals surface area contributed by atoms with Crippen molar-refractivity contribution in [3.8, 4) is 0 Å². The molecule has 1 aromatic carbocycles. The van der Waals surface area contributed by atoms with Crippen molar-refractivity contribution in [3.63, 3.8) is 0 Å². The lowest BCUT2D eigenvalue weighted by molar-refractivity contribution is 0.0973. The van der Waals surface area contributed by atoms with Crippen LogP contribution in [0.5, 0.6) is 0 Å². The molecule has 17 heavy (non-hydrogen) atoms. The van der Waals surface area contributed by atoms with Crippen molar-refractivity contribution >= 4 is 5.78 Å². The minimum atomic E-state index is 0.256. The van der Waals surface area contributed by atoms with Crippen molar-refractivity contribution in [2.75, 3.05) is 6.54 Å². The molecule has 0 fully saturated rings. The fraction of sp³-hybridized carbons (Fsp3) is 0.533. The van der Waals surface area contributed by atoms with Crippen LogP contribution in [0.25, 0.3) is 0 Å². The Morgan fingerprint density at radius 2 is 2.00 bits per heavy atom. The number of Topliss-reactive ketones (excluding diaryl/α,β-unsaturated/α-hetero) is 1. The summed E-state index contributed by atoms with van der Waals surface area (Å²) in [5.74, 6) is 0.793. The summed E-state index contributed by atoms with van der Waals surface area (Å²) in [5, 5.41) is 0. The summed E-state index contributed by atoms with van der Waals surface area (Å²) in [7, 11) is 0. The van der Waals surface area contributed by atoms with E-state index in [1.165, 1.54) is 5.56 Å². The molecule has 0 amide bonds. The fourth-order valence-corrected chi connectivity index (χ4v) is 2.07. The Balaban J connectivity index is 2.58. The van der Waals surface area contributed by atoms with Crippen LogP contribution in [0.1, 0.15) is 47.7 Å². The molecule has 0 spiro atoms. The summed E-state index contributed by atoms with van der Waals surface area (Å²) in [5.41, 5.74) is 8.66. The summed E-state index contributed by atoms with van der Waals surface area (Å²) in [6, 6.07) is 6.01.